The number of anilines is 1. The van der Waals surface area contributed by atoms with Crippen molar-refractivity contribution in [1.82, 2.24) is 9.55 Å². The van der Waals surface area contributed by atoms with Crippen LogP contribution >= 0.6 is 15.6 Å². The highest BCUT2D eigenvalue weighted by molar-refractivity contribution is 7.61. The Morgan fingerprint density at radius 1 is 0.720 bits per heavy atom. The molecule has 0 saturated carbocycles. The number of ether oxygens (including phenoxy) is 3. The lowest BCUT2D eigenvalue weighted by atomic mass is 10.1. The van der Waals surface area contributed by atoms with Gasteiger partial charge in [-0.3, -0.25) is 23.2 Å². The number of nitrogens with two attached hydrogens (primary N) is 1. The summed E-state index contributed by atoms with van der Waals surface area (Å²) in [6.07, 6.45) is 44.7. The molecule has 1 fully saturated rings. The number of nitrogen functional groups attached to an aromatic ring is 1. The van der Waals surface area contributed by atoms with Crippen molar-refractivity contribution >= 4 is 33.4 Å². The number of esters is 2. The van der Waals surface area contributed by atoms with Crippen LogP contribution in [-0.4, -0.2) is 96.9 Å². The summed E-state index contributed by atoms with van der Waals surface area (Å²) < 4.78 is 56.6. The molecule has 0 spiro atoms. The second-order valence-corrected chi connectivity index (χ2v) is 20.2. The number of hydrogen-bond donors (Lipinski definition) is 6. The number of aliphatic hydroxyl groups excluding tert-OH is 3. The summed E-state index contributed by atoms with van der Waals surface area (Å²) in [5.41, 5.74) is 4.57. The Morgan fingerprint density at radius 2 is 1.29 bits per heavy atom. The minimum atomic E-state index is -5.47. The van der Waals surface area contributed by atoms with Crippen molar-refractivity contribution in [3.05, 3.63) is 144 Å². The Labute approximate surface area is 442 Å². The van der Waals surface area contributed by atoms with Gasteiger partial charge in [-0.1, -0.05) is 148 Å². The predicted octanol–water partition coefficient (Wildman–Crippen LogP) is 9.74. The molecule has 2 rings (SSSR count). The Balaban J connectivity index is 1.87. The summed E-state index contributed by atoms with van der Waals surface area (Å²) in [5, 5.41) is 31.0. The third-order valence-electron chi connectivity index (χ3n) is 10.6. The lowest BCUT2D eigenvalue weighted by Crippen LogP contribution is -2.36. The molecule has 1 aromatic heterocycles. The zero-order chi connectivity index (χ0) is 55.0. The van der Waals surface area contributed by atoms with Gasteiger partial charge in [-0.25, -0.2) is 13.9 Å². The summed E-state index contributed by atoms with van der Waals surface area (Å²) in [6, 6.07) is 1.23. The van der Waals surface area contributed by atoms with E-state index in [9.17, 15) is 48.6 Å². The van der Waals surface area contributed by atoms with Crippen LogP contribution in [0.25, 0.3) is 0 Å². The molecule has 19 nitrogen and oxygen atoms in total. The van der Waals surface area contributed by atoms with Crippen LogP contribution in [0.15, 0.2) is 139 Å². The first-order valence-corrected chi connectivity index (χ1v) is 28.6. The van der Waals surface area contributed by atoms with Crippen LogP contribution in [0.3, 0.4) is 0 Å². The second-order valence-electron chi connectivity index (χ2n) is 17.1. The third-order valence-corrected chi connectivity index (χ3v) is 13.2. The Morgan fingerprint density at radius 3 is 1.92 bits per heavy atom. The smallest absolute Gasteiger partial charge is 0.462 e. The molecule has 0 aromatic carbocycles. The van der Waals surface area contributed by atoms with Crippen molar-refractivity contribution in [3.63, 3.8) is 0 Å². The fourth-order valence-electron chi connectivity index (χ4n) is 6.65. The molecule has 1 aromatic rings. The fourth-order valence-corrected chi connectivity index (χ4v) is 8.76. The van der Waals surface area contributed by atoms with Gasteiger partial charge in [0.25, 0.3) is 0 Å². The quantitative estimate of drug-likeness (QED) is 0.0117. The first-order chi connectivity index (χ1) is 36.1. The molecule has 0 aliphatic carbocycles. The highest BCUT2D eigenvalue weighted by Crippen LogP contribution is 2.60. The molecule has 21 heteroatoms. The number of phosphoric acid groups is 2. The van der Waals surface area contributed by atoms with E-state index in [4.69, 9.17) is 29.0 Å². The lowest BCUT2D eigenvalue weighted by molar-refractivity contribution is -0.161. The van der Waals surface area contributed by atoms with Gasteiger partial charge in [-0.15, -0.1) is 0 Å². The van der Waals surface area contributed by atoms with Crippen LogP contribution in [0, 0.1) is 0 Å². The van der Waals surface area contributed by atoms with Gasteiger partial charge in [0.15, 0.2) is 12.3 Å². The number of allylic oxidation sites excluding steroid dienone is 18. The van der Waals surface area contributed by atoms with Gasteiger partial charge in [-0.05, 0) is 89.5 Å². The van der Waals surface area contributed by atoms with Gasteiger partial charge in [0.1, 0.15) is 30.7 Å². The summed E-state index contributed by atoms with van der Waals surface area (Å²) in [7, 11) is -10.9. The van der Waals surface area contributed by atoms with Crippen molar-refractivity contribution < 1.29 is 71.4 Å². The zero-order valence-corrected chi connectivity index (χ0v) is 45.2. The normalized spacial score (nSPS) is 20.2. The first kappa shape index (κ1) is 66.2. The SMILES string of the molecule is CC/C=C\C/C=C\CC(O)/C=C/C=C\C/C=C\C/C=C\CCC(=O)OC[C@H](COP(=O)(O)OP(=O)(O)OC[C@H]1O[C@@H](n2ccc(N)nc2=O)[C@H](O)[C@@H]1O)OC(=O)CCC/C=C\C/C=C\C/C=C\C/C=C\CCCCC. The number of phosphoric ester groups is 2. The number of hydrogen-bond acceptors (Lipinski definition) is 16. The van der Waals surface area contributed by atoms with E-state index in [0.29, 0.717) is 44.9 Å². The maximum absolute atomic E-state index is 12.9. The Bertz CT molecular complexity index is 2250. The van der Waals surface area contributed by atoms with E-state index in [1.165, 1.54) is 25.3 Å². The average Bonchev–Trinajstić information content (AvgIpc) is 3.64. The third kappa shape index (κ3) is 33.0. The van der Waals surface area contributed by atoms with Crippen molar-refractivity contribution in [3.8, 4) is 0 Å². The fraction of sp³-hybridized carbons (Fsp3) is 0.519. The maximum atomic E-state index is 12.9. The van der Waals surface area contributed by atoms with E-state index < -0.39 is 89.8 Å². The van der Waals surface area contributed by atoms with E-state index in [-0.39, 0.29) is 18.7 Å². The van der Waals surface area contributed by atoms with Crippen LogP contribution < -0.4 is 11.4 Å². The highest BCUT2D eigenvalue weighted by Gasteiger charge is 2.46. The molecule has 2 heterocycles. The van der Waals surface area contributed by atoms with Crippen molar-refractivity contribution in [2.75, 3.05) is 25.6 Å². The molecule has 418 valence electrons. The van der Waals surface area contributed by atoms with Gasteiger partial charge in [0, 0.05) is 19.0 Å². The van der Waals surface area contributed by atoms with E-state index in [0.717, 1.165) is 42.9 Å². The molecule has 0 bridgehead atoms. The van der Waals surface area contributed by atoms with Gasteiger partial charge in [0.2, 0.25) is 0 Å². The highest BCUT2D eigenvalue weighted by atomic mass is 31.3. The molecule has 1 aliphatic rings. The zero-order valence-electron chi connectivity index (χ0n) is 43.4. The van der Waals surface area contributed by atoms with E-state index in [1.54, 1.807) is 12.2 Å². The number of aromatic nitrogens is 2. The first-order valence-electron chi connectivity index (χ1n) is 25.7. The van der Waals surface area contributed by atoms with Crippen molar-refractivity contribution in [2.45, 2.75) is 160 Å². The second kappa shape index (κ2) is 40.4. The summed E-state index contributed by atoms with van der Waals surface area (Å²) in [6.45, 7) is 1.80. The molecular weight excluding hydrogens is 1010 g/mol. The molecule has 0 radical (unpaired) electrons. The molecule has 0 amide bonds. The average molecular weight is 1090 g/mol. The van der Waals surface area contributed by atoms with Crippen molar-refractivity contribution in [2.24, 2.45) is 0 Å². The number of carbonyl (C=O) groups excluding carboxylic acids is 2. The Hall–Kier alpha value is -4.88. The van der Waals surface area contributed by atoms with Crippen LogP contribution in [0.5, 0.6) is 0 Å². The van der Waals surface area contributed by atoms with Crippen LogP contribution in [0.4, 0.5) is 5.82 Å². The van der Waals surface area contributed by atoms with Gasteiger partial charge in [-0.2, -0.15) is 9.29 Å². The van der Waals surface area contributed by atoms with Gasteiger partial charge >= 0.3 is 33.3 Å². The van der Waals surface area contributed by atoms with Crippen LogP contribution in [-0.2, 0) is 46.3 Å². The number of rotatable bonds is 40. The van der Waals surface area contributed by atoms with E-state index in [1.807, 2.05) is 66.8 Å². The summed E-state index contributed by atoms with van der Waals surface area (Å²) in [5.74, 6) is -1.52. The topological polar surface area (TPSA) is 286 Å². The minimum absolute atomic E-state index is 0.0408. The summed E-state index contributed by atoms with van der Waals surface area (Å²) in [4.78, 5) is 61.9. The number of aliphatic hydroxyl groups is 3. The lowest BCUT2D eigenvalue weighted by Gasteiger charge is -2.21. The van der Waals surface area contributed by atoms with E-state index >= 15 is 0 Å². The number of carbonyl (C=O) groups is 2. The van der Waals surface area contributed by atoms with Crippen LogP contribution in [0.2, 0.25) is 0 Å². The van der Waals surface area contributed by atoms with Gasteiger partial charge < -0.3 is 45.1 Å². The van der Waals surface area contributed by atoms with Crippen molar-refractivity contribution in [1.29, 1.82) is 0 Å². The maximum Gasteiger partial charge on any atom is 0.481 e. The minimum Gasteiger partial charge on any atom is -0.462 e. The molecule has 75 heavy (non-hydrogen) atoms. The molecule has 1 saturated heterocycles. The molecule has 1 aliphatic heterocycles. The molecule has 3 unspecified atom stereocenters. The molecule has 7 N–H and O–H groups in total. The number of nitrogens with zero attached hydrogens (tertiary/aromatic N) is 2. The molecular formula is C54H81N3O16P2. The summed E-state index contributed by atoms with van der Waals surface area (Å²) >= 11 is 0. The largest absolute Gasteiger partial charge is 0.481 e. The predicted molar refractivity (Wildman–Crippen MR) is 290 cm³/mol. The van der Waals surface area contributed by atoms with Crippen LogP contribution in [0.1, 0.15) is 129 Å². The standard InChI is InChI=1S/C54H81N3O16P2/c1-3-5-7-9-11-12-13-14-15-16-17-18-19-24-27-31-35-39-50(60)71-46(42-68-49(59)38-34-30-26-23-21-20-22-25-29-33-37-45(58)36-32-28-10-8-6-4-2)43-69-74(64,65)73-75(66,67)70-44-47-51(61)52(62)53(72-47)57-41-40-48(55)56-54(57)63/h6,8,11-12,14-15,17-18,20-21,24-30,32-33,37,40-41,45-47,51-53,58,61-62H,3-5,7,9-10,13,16,19,22-23,31,34-36,38-39,42-44H2,1-2H3,(H,64,65)(H,66,67)(H2,55,56,63)/b8-6-,12-11-,15-14-,18-17-,21-20-,27-24-,29-25-,30-26-,32-28-,37-33+/t45?,46-,47-,51-,52-,53-/m1/s1. The molecule has 8 atom stereocenters. The monoisotopic (exact) mass is 1090 g/mol. The van der Waals surface area contributed by atoms with Gasteiger partial charge in [0.05, 0.1) is 19.3 Å². The van der Waals surface area contributed by atoms with E-state index in [2.05, 4.69) is 65.7 Å². The number of unbranched alkanes of at least 4 members (excludes halogenated alkanes) is 4. The Kier molecular flexibility index (Phi) is 35.7.